The number of nitrogens with zero attached hydrogens (tertiary/aromatic N) is 3. The topological polar surface area (TPSA) is 96.1 Å². The fraction of sp³-hybridized carbons (Fsp3) is 0.0769. The van der Waals surface area contributed by atoms with E-state index in [-0.39, 0.29) is 17.3 Å². The van der Waals surface area contributed by atoms with Gasteiger partial charge in [-0.05, 0) is 42.8 Å². The van der Waals surface area contributed by atoms with Gasteiger partial charge in [0.25, 0.3) is 5.91 Å². The third-order valence-electron chi connectivity index (χ3n) is 5.16. The van der Waals surface area contributed by atoms with Crippen LogP contribution < -0.4 is 5.32 Å². The molecular formula is C26H22N4O3. The molecule has 0 aliphatic heterocycles. The lowest BCUT2D eigenvalue weighted by molar-refractivity contribution is -0.115. The Morgan fingerprint density at radius 3 is 2.33 bits per heavy atom. The molecule has 33 heavy (non-hydrogen) atoms. The largest absolute Gasteiger partial charge is 0.493 e. The van der Waals surface area contributed by atoms with Gasteiger partial charge >= 0.3 is 5.91 Å². The monoisotopic (exact) mass is 438 g/mol. The summed E-state index contributed by atoms with van der Waals surface area (Å²) in [6, 6.07) is 23.3. The number of carbonyl (C=O) groups excluding carboxylic acids is 2. The molecule has 0 spiro atoms. The number of aromatic nitrogens is 1. The number of azo groups is 1. The summed E-state index contributed by atoms with van der Waals surface area (Å²) in [5.41, 5.74) is 3.02. The van der Waals surface area contributed by atoms with Gasteiger partial charge in [0.15, 0.2) is 5.69 Å². The van der Waals surface area contributed by atoms with E-state index in [0.29, 0.717) is 16.5 Å². The van der Waals surface area contributed by atoms with E-state index in [0.717, 1.165) is 11.1 Å². The van der Waals surface area contributed by atoms with E-state index >= 15 is 0 Å². The SMILES string of the molecule is Cc1ccc2c(c1)c(N=NC(=O)/C(=C/c1ccccc1)NC(=O)c1ccccc1)c(O)n2C. The van der Waals surface area contributed by atoms with Crippen molar-refractivity contribution in [1.29, 1.82) is 0 Å². The molecular weight excluding hydrogens is 416 g/mol. The summed E-state index contributed by atoms with van der Waals surface area (Å²) >= 11 is 0. The zero-order valence-electron chi connectivity index (χ0n) is 18.2. The van der Waals surface area contributed by atoms with Crippen LogP contribution in [0.25, 0.3) is 17.0 Å². The van der Waals surface area contributed by atoms with Crippen LogP contribution in [-0.2, 0) is 11.8 Å². The molecule has 0 atom stereocenters. The number of hydrogen-bond acceptors (Lipinski definition) is 4. The van der Waals surface area contributed by atoms with Crippen LogP contribution >= 0.6 is 0 Å². The predicted molar refractivity (Wildman–Crippen MR) is 127 cm³/mol. The Labute approximate surface area is 190 Å². The quantitative estimate of drug-likeness (QED) is 0.328. The molecule has 0 fully saturated rings. The minimum Gasteiger partial charge on any atom is -0.493 e. The standard InChI is InChI=1S/C26H22N4O3/c1-17-13-14-22-20(15-17)23(26(33)30(22)2)28-29-25(32)21(16-18-9-5-3-6-10-18)27-24(31)19-11-7-4-8-12-19/h3-16,33H,1-2H3,(H,27,31)/b21-16-,29-28?. The number of aryl methyl sites for hydroxylation is 2. The first-order chi connectivity index (χ1) is 15.9. The number of hydrogen-bond donors (Lipinski definition) is 2. The minimum absolute atomic E-state index is 0.0327. The lowest BCUT2D eigenvalue weighted by Crippen LogP contribution is -2.26. The Morgan fingerprint density at radius 1 is 0.970 bits per heavy atom. The highest BCUT2D eigenvalue weighted by molar-refractivity contribution is 6.05. The van der Waals surface area contributed by atoms with Crippen molar-refractivity contribution in [2.45, 2.75) is 6.92 Å². The van der Waals surface area contributed by atoms with E-state index in [1.165, 1.54) is 6.08 Å². The van der Waals surface area contributed by atoms with Crippen molar-refractivity contribution in [1.82, 2.24) is 9.88 Å². The van der Waals surface area contributed by atoms with E-state index in [1.807, 2.05) is 43.3 Å². The maximum absolute atomic E-state index is 13.0. The second-order valence-corrected chi connectivity index (χ2v) is 7.55. The second kappa shape index (κ2) is 9.32. The molecule has 0 aliphatic carbocycles. The summed E-state index contributed by atoms with van der Waals surface area (Å²) in [7, 11) is 1.70. The molecule has 0 radical (unpaired) electrons. The van der Waals surface area contributed by atoms with Crippen LogP contribution in [0, 0.1) is 6.92 Å². The summed E-state index contributed by atoms with van der Waals surface area (Å²) in [4.78, 5) is 25.7. The van der Waals surface area contributed by atoms with Crippen LogP contribution in [0.15, 0.2) is 94.8 Å². The summed E-state index contributed by atoms with van der Waals surface area (Å²) in [5, 5.41) is 21.7. The Bertz CT molecular complexity index is 1390. The number of aromatic hydroxyl groups is 1. The maximum atomic E-state index is 13.0. The molecule has 7 heteroatoms. The average molecular weight is 438 g/mol. The number of amides is 2. The highest BCUT2D eigenvalue weighted by Gasteiger charge is 2.17. The molecule has 0 aliphatic rings. The van der Waals surface area contributed by atoms with Gasteiger partial charge in [-0.15, -0.1) is 10.2 Å². The zero-order chi connectivity index (χ0) is 23.4. The van der Waals surface area contributed by atoms with Gasteiger partial charge < -0.3 is 15.0 Å². The first kappa shape index (κ1) is 21.7. The molecule has 2 amide bonds. The number of fused-ring (bicyclic) bond motifs is 1. The molecule has 0 bridgehead atoms. The predicted octanol–water partition coefficient (Wildman–Crippen LogP) is 5.27. The third-order valence-corrected chi connectivity index (χ3v) is 5.16. The molecule has 164 valence electrons. The van der Waals surface area contributed by atoms with Gasteiger partial charge in [-0.1, -0.05) is 60.2 Å². The van der Waals surface area contributed by atoms with Gasteiger partial charge in [-0.3, -0.25) is 9.59 Å². The zero-order valence-corrected chi connectivity index (χ0v) is 18.2. The number of nitrogens with one attached hydrogen (secondary N) is 1. The fourth-order valence-corrected chi connectivity index (χ4v) is 3.42. The van der Waals surface area contributed by atoms with Crippen LogP contribution in [0.5, 0.6) is 5.88 Å². The number of benzene rings is 3. The summed E-state index contributed by atoms with van der Waals surface area (Å²) in [6.45, 7) is 1.93. The lowest BCUT2D eigenvalue weighted by Gasteiger charge is -2.07. The van der Waals surface area contributed by atoms with Gasteiger partial charge in [0, 0.05) is 18.0 Å². The van der Waals surface area contributed by atoms with Crippen molar-refractivity contribution in [3.8, 4) is 5.88 Å². The molecule has 7 nitrogen and oxygen atoms in total. The van der Waals surface area contributed by atoms with E-state index in [4.69, 9.17) is 0 Å². The first-order valence-electron chi connectivity index (χ1n) is 10.3. The molecule has 0 saturated heterocycles. The third kappa shape index (κ3) is 4.72. The minimum atomic E-state index is -0.743. The Balaban J connectivity index is 1.69. The summed E-state index contributed by atoms with van der Waals surface area (Å²) in [6.07, 6.45) is 1.54. The smallest absolute Gasteiger partial charge is 0.311 e. The summed E-state index contributed by atoms with van der Waals surface area (Å²) < 4.78 is 1.57. The Morgan fingerprint density at radius 2 is 1.64 bits per heavy atom. The van der Waals surface area contributed by atoms with E-state index < -0.39 is 11.8 Å². The van der Waals surface area contributed by atoms with Gasteiger partial charge in [0.2, 0.25) is 5.88 Å². The highest BCUT2D eigenvalue weighted by Crippen LogP contribution is 2.38. The molecule has 1 heterocycles. The van der Waals surface area contributed by atoms with Crippen molar-refractivity contribution < 1.29 is 14.7 Å². The highest BCUT2D eigenvalue weighted by atomic mass is 16.3. The maximum Gasteiger partial charge on any atom is 0.311 e. The molecule has 4 rings (SSSR count). The Hall–Kier alpha value is -4.52. The van der Waals surface area contributed by atoms with Crippen LogP contribution in [0.4, 0.5) is 5.69 Å². The fourth-order valence-electron chi connectivity index (χ4n) is 3.42. The average Bonchev–Trinajstić information content (AvgIpc) is 3.07. The van der Waals surface area contributed by atoms with Gasteiger partial charge in [0.05, 0.1) is 5.52 Å². The van der Waals surface area contributed by atoms with Crippen molar-refractivity contribution in [2.75, 3.05) is 0 Å². The van der Waals surface area contributed by atoms with Crippen molar-refractivity contribution in [2.24, 2.45) is 17.3 Å². The second-order valence-electron chi connectivity index (χ2n) is 7.55. The van der Waals surface area contributed by atoms with Gasteiger partial charge in [0.1, 0.15) is 5.70 Å². The number of rotatable bonds is 5. The van der Waals surface area contributed by atoms with Gasteiger partial charge in [-0.2, -0.15) is 0 Å². The van der Waals surface area contributed by atoms with E-state index in [9.17, 15) is 14.7 Å². The molecule has 2 N–H and O–H groups in total. The normalized spacial score (nSPS) is 11.8. The van der Waals surface area contributed by atoms with E-state index in [2.05, 4.69) is 15.5 Å². The van der Waals surface area contributed by atoms with Crippen LogP contribution in [0.3, 0.4) is 0 Å². The molecule has 3 aromatic carbocycles. The molecule has 0 saturated carbocycles. The van der Waals surface area contributed by atoms with Crippen LogP contribution in [0.2, 0.25) is 0 Å². The van der Waals surface area contributed by atoms with Gasteiger partial charge in [-0.25, -0.2) is 0 Å². The molecule has 0 unspecified atom stereocenters. The van der Waals surface area contributed by atoms with Crippen LogP contribution in [-0.4, -0.2) is 21.5 Å². The lowest BCUT2D eigenvalue weighted by atomic mass is 10.1. The summed E-state index contributed by atoms with van der Waals surface area (Å²) in [5.74, 6) is -1.29. The first-order valence-corrected chi connectivity index (χ1v) is 10.3. The van der Waals surface area contributed by atoms with E-state index in [1.54, 1.807) is 54.1 Å². The number of carbonyl (C=O) groups is 2. The molecule has 1 aromatic heterocycles. The van der Waals surface area contributed by atoms with Crippen molar-refractivity contribution in [3.05, 3.63) is 101 Å². The van der Waals surface area contributed by atoms with Crippen LogP contribution in [0.1, 0.15) is 21.5 Å². The van der Waals surface area contributed by atoms with Crippen molar-refractivity contribution in [3.63, 3.8) is 0 Å². The Kier molecular flexibility index (Phi) is 6.13. The molecule has 4 aromatic rings. The van der Waals surface area contributed by atoms with Crippen molar-refractivity contribution >= 4 is 34.5 Å².